The molecule has 0 aliphatic heterocycles. The van der Waals surface area contributed by atoms with Crippen LogP contribution in [0.15, 0.2) is 45.9 Å². The van der Waals surface area contributed by atoms with Crippen molar-refractivity contribution in [2.24, 2.45) is 0 Å². The molecule has 0 radical (unpaired) electrons. The molecule has 0 spiro atoms. The van der Waals surface area contributed by atoms with E-state index in [1.54, 1.807) is 32.0 Å². The van der Waals surface area contributed by atoms with Crippen LogP contribution in [-0.4, -0.2) is 25.7 Å². The first-order valence-electron chi connectivity index (χ1n) is 6.70. The lowest BCUT2D eigenvalue weighted by atomic mass is 10.0. The predicted molar refractivity (Wildman–Crippen MR) is 84.4 cm³/mol. The summed E-state index contributed by atoms with van der Waals surface area (Å²) in [5.74, 6) is 0.586. The lowest BCUT2D eigenvalue weighted by Gasteiger charge is -2.22. The van der Waals surface area contributed by atoms with E-state index in [4.69, 9.17) is 16.0 Å². The Morgan fingerprint density at radius 1 is 1.36 bits per heavy atom. The van der Waals surface area contributed by atoms with Gasteiger partial charge in [0.1, 0.15) is 5.76 Å². The van der Waals surface area contributed by atoms with Crippen LogP contribution in [0, 0.1) is 6.92 Å². The maximum absolute atomic E-state index is 12.2. The van der Waals surface area contributed by atoms with Crippen LogP contribution in [0.3, 0.4) is 0 Å². The van der Waals surface area contributed by atoms with E-state index >= 15 is 0 Å². The number of nitrogens with one attached hydrogen (secondary N) is 1. The number of sulfonamides is 1. The molecular formula is C15H18ClNO4S. The van der Waals surface area contributed by atoms with Crippen molar-refractivity contribution < 1.29 is 17.9 Å². The summed E-state index contributed by atoms with van der Waals surface area (Å²) in [5.41, 5.74) is -0.468. The fourth-order valence-corrected chi connectivity index (χ4v) is 3.36. The molecule has 0 aliphatic rings. The summed E-state index contributed by atoms with van der Waals surface area (Å²) < 4.78 is 32.0. The third-order valence-electron chi connectivity index (χ3n) is 3.23. The fraction of sp³-hybridized carbons (Fsp3) is 0.333. The number of rotatable bonds is 6. The summed E-state index contributed by atoms with van der Waals surface area (Å²) in [4.78, 5) is 0.0666. The topological polar surface area (TPSA) is 79.5 Å². The van der Waals surface area contributed by atoms with E-state index in [0.29, 0.717) is 10.8 Å². The number of furan rings is 1. The minimum atomic E-state index is -3.74. The summed E-state index contributed by atoms with van der Waals surface area (Å²) in [5, 5.41) is 10.7. The Labute approximate surface area is 135 Å². The summed E-state index contributed by atoms with van der Waals surface area (Å²) in [6.07, 6.45) is 1.71. The molecule has 5 nitrogen and oxygen atoms in total. The Hall–Kier alpha value is -1.34. The first-order valence-corrected chi connectivity index (χ1v) is 8.56. The van der Waals surface area contributed by atoms with Crippen LogP contribution < -0.4 is 4.72 Å². The Bertz CT molecular complexity index is 739. The summed E-state index contributed by atoms with van der Waals surface area (Å²) in [6.45, 7) is 3.20. The van der Waals surface area contributed by atoms with E-state index in [-0.39, 0.29) is 17.9 Å². The van der Waals surface area contributed by atoms with Gasteiger partial charge in [-0.1, -0.05) is 17.7 Å². The van der Waals surface area contributed by atoms with Crippen molar-refractivity contribution in [3.8, 4) is 0 Å². The molecule has 1 aromatic carbocycles. The van der Waals surface area contributed by atoms with Crippen molar-refractivity contribution in [1.82, 2.24) is 4.72 Å². The SMILES string of the molecule is Cc1ccc(S(=O)(=O)NCC(C)(O)Cc2ccco2)cc1Cl. The third kappa shape index (κ3) is 4.33. The molecule has 7 heteroatoms. The standard InChI is InChI=1S/C15H18ClNO4S/c1-11-5-6-13(8-14(11)16)22(19,20)17-10-15(2,18)9-12-4-3-7-21-12/h3-8,17-18H,9-10H2,1-2H3. The van der Waals surface area contributed by atoms with Crippen LogP contribution in [-0.2, 0) is 16.4 Å². The highest BCUT2D eigenvalue weighted by atomic mass is 35.5. The van der Waals surface area contributed by atoms with Gasteiger partial charge < -0.3 is 9.52 Å². The van der Waals surface area contributed by atoms with Gasteiger partial charge in [0.25, 0.3) is 0 Å². The molecule has 0 amide bonds. The molecular weight excluding hydrogens is 326 g/mol. The lowest BCUT2D eigenvalue weighted by Crippen LogP contribution is -2.42. The van der Waals surface area contributed by atoms with Crippen LogP contribution in [0.25, 0.3) is 0 Å². The minimum Gasteiger partial charge on any atom is -0.469 e. The number of hydrogen-bond acceptors (Lipinski definition) is 4. The Morgan fingerprint density at radius 2 is 2.09 bits per heavy atom. The van der Waals surface area contributed by atoms with Crippen LogP contribution in [0.4, 0.5) is 0 Å². The zero-order chi connectivity index (χ0) is 16.4. The van der Waals surface area contributed by atoms with Gasteiger partial charge in [-0.15, -0.1) is 0 Å². The maximum Gasteiger partial charge on any atom is 0.240 e. The van der Waals surface area contributed by atoms with Gasteiger partial charge >= 0.3 is 0 Å². The number of aliphatic hydroxyl groups is 1. The zero-order valence-corrected chi connectivity index (χ0v) is 13.9. The number of benzene rings is 1. The average molecular weight is 344 g/mol. The second kappa shape index (κ2) is 6.42. The van der Waals surface area contributed by atoms with Gasteiger partial charge in [0.15, 0.2) is 0 Å². The smallest absolute Gasteiger partial charge is 0.240 e. The first kappa shape index (κ1) is 17.0. The zero-order valence-electron chi connectivity index (χ0n) is 12.3. The summed E-state index contributed by atoms with van der Waals surface area (Å²) >= 11 is 5.95. The molecule has 2 rings (SSSR count). The Morgan fingerprint density at radius 3 is 2.68 bits per heavy atom. The average Bonchev–Trinajstić information content (AvgIpc) is 2.92. The molecule has 1 atom stereocenters. The van der Waals surface area contributed by atoms with E-state index < -0.39 is 15.6 Å². The number of hydrogen-bond donors (Lipinski definition) is 2. The van der Waals surface area contributed by atoms with E-state index in [1.807, 2.05) is 0 Å². The molecule has 1 heterocycles. The first-order chi connectivity index (χ1) is 10.2. The highest BCUT2D eigenvalue weighted by Gasteiger charge is 2.26. The second-order valence-electron chi connectivity index (χ2n) is 5.49. The predicted octanol–water partition coefficient (Wildman–Crippen LogP) is 2.51. The molecule has 2 aromatic rings. The van der Waals surface area contributed by atoms with Gasteiger partial charge in [-0.05, 0) is 43.7 Å². The van der Waals surface area contributed by atoms with E-state index in [0.717, 1.165) is 5.56 Å². The van der Waals surface area contributed by atoms with Crippen LogP contribution >= 0.6 is 11.6 Å². The van der Waals surface area contributed by atoms with E-state index in [1.165, 1.54) is 18.4 Å². The monoisotopic (exact) mass is 343 g/mol. The van der Waals surface area contributed by atoms with Crippen molar-refractivity contribution >= 4 is 21.6 Å². The van der Waals surface area contributed by atoms with Gasteiger partial charge in [0.2, 0.25) is 10.0 Å². The number of aryl methyl sites for hydroxylation is 1. The fourth-order valence-electron chi connectivity index (χ4n) is 1.93. The van der Waals surface area contributed by atoms with Crippen LogP contribution in [0.1, 0.15) is 18.2 Å². The molecule has 1 unspecified atom stereocenters. The van der Waals surface area contributed by atoms with E-state index in [9.17, 15) is 13.5 Å². The highest BCUT2D eigenvalue weighted by molar-refractivity contribution is 7.89. The van der Waals surface area contributed by atoms with Gasteiger partial charge in [-0.25, -0.2) is 13.1 Å². The Balaban J connectivity index is 2.07. The van der Waals surface area contributed by atoms with Crippen molar-refractivity contribution in [2.75, 3.05) is 6.54 Å². The molecule has 120 valence electrons. The van der Waals surface area contributed by atoms with Crippen LogP contribution in [0.2, 0.25) is 5.02 Å². The van der Waals surface area contributed by atoms with Crippen LogP contribution in [0.5, 0.6) is 0 Å². The lowest BCUT2D eigenvalue weighted by molar-refractivity contribution is 0.0603. The molecule has 22 heavy (non-hydrogen) atoms. The molecule has 0 bridgehead atoms. The molecule has 0 saturated carbocycles. The third-order valence-corrected chi connectivity index (χ3v) is 5.04. The van der Waals surface area contributed by atoms with Crippen molar-refractivity contribution in [1.29, 1.82) is 0 Å². The molecule has 0 aliphatic carbocycles. The van der Waals surface area contributed by atoms with Crippen molar-refractivity contribution in [3.63, 3.8) is 0 Å². The quantitative estimate of drug-likeness (QED) is 0.844. The van der Waals surface area contributed by atoms with Gasteiger partial charge in [0.05, 0.1) is 16.8 Å². The van der Waals surface area contributed by atoms with E-state index in [2.05, 4.69) is 4.72 Å². The minimum absolute atomic E-state index is 0.0666. The molecule has 2 N–H and O–H groups in total. The maximum atomic E-state index is 12.2. The number of halogens is 1. The highest BCUT2D eigenvalue weighted by Crippen LogP contribution is 2.20. The largest absolute Gasteiger partial charge is 0.469 e. The molecule has 1 aromatic heterocycles. The van der Waals surface area contributed by atoms with Crippen molar-refractivity contribution in [2.45, 2.75) is 30.8 Å². The summed E-state index contributed by atoms with van der Waals surface area (Å²) in [6, 6.07) is 7.94. The normalized spacial score (nSPS) is 14.7. The van der Waals surface area contributed by atoms with Crippen molar-refractivity contribution in [3.05, 3.63) is 52.9 Å². The Kier molecular flexibility index (Phi) is 4.97. The van der Waals surface area contributed by atoms with Gasteiger partial charge in [-0.3, -0.25) is 0 Å². The molecule has 0 saturated heterocycles. The second-order valence-corrected chi connectivity index (χ2v) is 7.66. The van der Waals surface area contributed by atoms with Gasteiger partial charge in [0, 0.05) is 18.0 Å². The molecule has 0 fully saturated rings. The van der Waals surface area contributed by atoms with Gasteiger partial charge in [-0.2, -0.15) is 0 Å². The summed E-state index contributed by atoms with van der Waals surface area (Å²) in [7, 11) is -3.74.